The second kappa shape index (κ2) is 11.6. The van der Waals surface area contributed by atoms with Gasteiger partial charge in [-0.2, -0.15) is 0 Å². The second-order valence-electron chi connectivity index (χ2n) is 14.3. The molecule has 7 aliphatic rings. The van der Waals surface area contributed by atoms with Crippen LogP contribution in [0.3, 0.4) is 0 Å². The molecule has 5 N–H and O–H groups in total. The highest BCUT2D eigenvalue weighted by atomic mass is 16.2. The number of primary amides is 1. The van der Waals surface area contributed by atoms with Gasteiger partial charge in [0.05, 0.1) is 6.04 Å². The summed E-state index contributed by atoms with van der Waals surface area (Å²) in [4.78, 5) is 66.8. The summed E-state index contributed by atoms with van der Waals surface area (Å²) in [6, 6.07) is -2.63. The van der Waals surface area contributed by atoms with E-state index in [0.717, 1.165) is 64.2 Å². The van der Waals surface area contributed by atoms with Crippen LogP contribution in [0.5, 0.6) is 0 Å². The number of hydrogen-bond acceptors (Lipinski definition) is 5. The highest BCUT2D eigenvalue weighted by molar-refractivity contribution is 6.37. The van der Waals surface area contributed by atoms with Crippen molar-refractivity contribution in [2.75, 3.05) is 6.54 Å². The summed E-state index contributed by atoms with van der Waals surface area (Å²) in [6.45, 7) is 0.426. The number of nitrogens with zero attached hydrogens (tertiary/aromatic N) is 1. The van der Waals surface area contributed by atoms with Crippen molar-refractivity contribution in [1.29, 1.82) is 0 Å². The molecule has 10 nitrogen and oxygen atoms in total. The van der Waals surface area contributed by atoms with Crippen molar-refractivity contribution in [3.63, 3.8) is 0 Å². The van der Waals surface area contributed by atoms with E-state index in [9.17, 15) is 24.0 Å². The van der Waals surface area contributed by atoms with Gasteiger partial charge < -0.3 is 26.6 Å². The minimum atomic E-state index is -1.05. The van der Waals surface area contributed by atoms with Crippen molar-refractivity contribution < 1.29 is 24.0 Å². The fourth-order valence-corrected chi connectivity index (χ4v) is 9.37. The van der Waals surface area contributed by atoms with E-state index in [1.165, 1.54) is 19.3 Å². The Morgan fingerprint density at radius 1 is 0.805 bits per heavy atom. The fourth-order valence-electron chi connectivity index (χ4n) is 9.37. The molecule has 7 fully saturated rings. The number of urea groups is 1. The molecule has 1 saturated heterocycles. The molecule has 0 aromatic heterocycles. The first kappa shape index (κ1) is 28.5. The maximum absolute atomic E-state index is 14.1. The summed E-state index contributed by atoms with van der Waals surface area (Å²) >= 11 is 0. The third-order valence-corrected chi connectivity index (χ3v) is 11.1. The van der Waals surface area contributed by atoms with Crippen molar-refractivity contribution in [3.8, 4) is 0 Å². The molecule has 41 heavy (non-hydrogen) atoms. The van der Waals surface area contributed by atoms with Gasteiger partial charge in [0.15, 0.2) is 0 Å². The summed E-state index contributed by atoms with van der Waals surface area (Å²) in [7, 11) is 0. The van der Waals surface area contributed by atoms with Gasteiger partial charge in [0, 0.05) is 12.1 Å². The number of ketones is 1. The lowest BCUT2D eigenvalue weighted by Crippen LogP contribution is -2.64. The van der Waals surface area contributed by atoms with Gasteiger partial charge >= 0.3 is 6.03 Å². The summed E-state index contributed by atoms with van der Waals surface area (Å²) in [5.41, 5.74) is 5.11. The molecule has 5 amide bonds. The lowest BCUT2D eigenvalue weighted by molar-refractivity contribution is -0.143. The Morgan fingerprint density at radius 2 is 1.44 bits per heavy atom. The molecule has 4 bridgehead atoms. The van der Waals surface area contributed by atoms with Gasteiger partial charge in [0.2, 0.25) is 17.6 Å². The average molecular weight is 570 g/mol. The molecule has 0 radical (unpaired) electrons. The van der Waals surface area contributed by atoms with Crippen LogP contribution in [0.2, 0.25) is 0 Å². The predicted octanol–water partition coefficient (Wildman–Crippen LogP) is 2.53. The van der Waals surface area contributed by atoms with E-state index in [4.69, 9.17) is 5.73 Å². The van der Waals surface area contributed by atoms with Gasteiger partial charge in [0.25, 0.3) is 5.91 Å². The maximum Gasteiger partial charge on any atom is 0.315 e. The lowest BCUT2D eigenvalue weighted by Gasteiger charge is -2.56. The molecule has 6 saturated carbocycles. The maximum atomic E-state index is 14.1. The van der Waals surface area contributed by atoms with Gasteiger partial charge in [0.1, 0.15) is 12.1 Å². The monoisotopic (exact) mass is 569 g/mol. The zero-order chi connectivity index (χ0) is 28.7. The summed E-state index contributed by atoms with van der Waals surface area (Å²) in [6.07, 6.45) is 15.4. The Hall–Kier alpha value is -2.65. The fraction of sp³-hybridized carbons (Fsp3) is 0.839. The number of rotatable bonds is 10. The highest BCUT2D eigenvalue weighted by Gasteiger charge is 2.52. The first-order valence-corrected chi connectivity index (χ1v) is 16.2. The Bertz CT molecular complexity index is 1030. The third-order valence-electron chi connectivity index (χ3n) is 11.1. The minimum absolute atomic E-state index is 0.0294. The van der Waals surface area contributed by atoms with Crippen molar-refractivity contribution in [1.82, 2.24) is 20.9 Å². The first-order valence-electron chi connectivity index (χ1n) is 16.2. The van der Waals surface area contributed by atoms with Crippen molar-refractivity contribution in [3.05, 3.63) is 0 Å². The van der Waals surface area contributed by atoms with Gasteiger partial charge in [-0.3, -0.25) is 19.2 Å². The quantitative estimate of drug-likeness (QED) is 0.298. The molecular formula is C31H47N5O5. The third kappa shape index (κ3) is 6.26. The normalized spacial score (nSPS) is 34.1. The number of amides is 5. The molecule has 10 heteroatoms. The zero-order valence-corrected chi connectivity index (χ0v) is 24.2. The van der Waals surface area contributed by atoms with Crippen LogP contribution in [0.1, 0.15) is 103 Å². The molecule has 1 aliphatic heterocycles. The van der Waals surface area contributed by atoms with Gasteiger partial charge in [-0.15, -0.1) is 0 Å². The van der Waals surface area contributed by atoms with Crippen molar-refractivity contribution in [2.45, 2.75) is 126 Å². The van der Waals surface area contributed by atoms with Crippen molar-refractivity contribution >= 4 is 29.5 Å². The van der Waals surface area contributed by atoms with Crippen LogP contribution in [-0.2, 0) is 19.2 Å². The van der Waals surface area contributed by atoms with E-state index >= 15 is 0 Å². The molecule has 0 aromatic carbocycles. The lowest BCUT2D eigenvalue weighted by atomic mass is 9.53. The molecule has 226 valence electrons. The van der Waals surface area contributed by atoms with Crippen LogP contribution < -0.4 is 21.7 Å². The van der Waals surface area contributed by atoms with E-state index in [-0.39, 0.29) is 23.4 Å². The predicted molar refractivity (Wildman–Crippen MR) is 151 cm³/mol. The topological polar surface area (TPSA) is 151 Å². The molecule has 0 spiro atoms. The Balaban J connectivity index is 1.14. The van der Waals surface area contributed by atoms with Crippen LogP contribution >= 0.6 is 0 Å². The summed E-state index contributed by atoms with van der Waals surface area (Å²) in [5.74, 6) is -0.0408. The standard InChI is InChI=1S/C31H47N5O5/c32-27(38)26(37)23(14-18-8-9-18)33-28(39)24-7-4-10-36(24)29(40)25(22-5-2-1-3-6-22)34-30(41)35-31-15-19-11-20(16-31)13-21(12-19)17-31/h18-25H,1-17H2,(H2,32,38)(H,33,39)(H2,34,35,41). The van der Waals surface area contributed by atoms with E-state index in [1.807, 2.05) is 0 Å². The van der Waals surface area contributed by atoms with E-state index in [2.05, 4.69) is 16.0 Å². The van der Waals surface area contributed by atoms with Crippen LogP contribution in [0.15, 0.2) is 0 Å². The summed E-state index contributed by atoms with van der Waals surface area (Å²) < 4.78 is 0. The van der Waals surface area contributed by atoms with Gasteiger partial charge in [-0.05, 0) is 100 Å². The SMILES string of the molecule is NC(=O)C(=O)C(CC1CC1)NC(=O)C1CCCN1C(=O)C(NC(=O)NC12CC3CC(CC(C3)C1)C2)C1CCCCC1. The van der Waals surface area contributed by atoms with Crippen LogP contribution in [0.25, 0.3) is 0 Å². The van der Waals surface area contributed by atoms with Gasteiger partial charge in [-0.25, -0.2) is 4.79 Å². The molecule has 3 atom stereocenters. The first-order chi connectivity index (χ1) is 19.7. The Labute approximate surface area is 242 Å². The van der Waals surface area contributed by atoms with Crippen LogP contribution in [-0.4, -0.2) is 64.6 Å². The largest absolute Gasteiger partial charge is 0.363 e. The molecule has 0 aromatic rings. The average Bonchev–Trinajstić information content (AvgIpc) is 3.61. The molecule has 7 rings (SSSR count). The number of carbonyl (C=O) groups excluding carboxylic acids is 5. The molecule has 3 unspecified atom stereocenters. The van der Waals surface area contributed by atoms with Crippen molar-refractivity contribution in [2.24, 2.45) is 35.3 Å². The molecule has 1 heterocycles. The highest BCUT2D eigenvalue weighted by Crippen LogP contribution is 2.55. The Kier molecular flexibility index (Phi) is 8.02. The van der Waals surface area contributed by atoms with Gasteiger partial charge in [-0.1, -0.05) is 32.1 Å². The number of carbonyl (C=O) groups is 5. The molecule has 6 aliphatic carbocycles. The van der Waals surface area contributed by atoms with E-state index in [0.29, 0.717) is 49.5 Å². The summed E-state index contributed by atoms with van der Waals surface area (Å²) in [5, 5.41) is 9.24. The van der Waals surface area contributed by atoms with Crippen LogP contribution in [0.4, 0.5) is 4.79 Å². The number of Topliss-reactive ketones (excluding diaryl/α,β-unsaturated/α-hetero) is 1. The number of hydrogen-bond donors (Lipinski definition) is 4. The zero-order valence-electron chi connectivity index (χ0n) is 24.2. The number of nitrogens with one attached hydrogen (secondary N) is 3. The van der Waals surface area contributed by atoms with Crippen LogP contribution in [0, 0.1) is 29.6 Å². The van der Waals surface area contributed by atoms with E-state index in [1.54, 1.807) is 4.90 Å². The Morgan fingerprint density at radius 3 is 2.02 bits per heavy atom. The van der Waals surface area contributed by atoms with E-state index < -0.39 is 35.7 Å². The molecular weight excluding hydrogens is 522 g/mol. The number of nitrogens with two attached hydrogens (primary N) is 1. The number of likely N-dealkylation sites (tertiary alicyclic amines) is 1. The minimum Gasteiger partial charge on any atom is -0.363 e. The smallest absolute Gasteiger partial charge is 0.315 e. The second-order valence-corrected chi connectivity index (χ2v) is 14.3.